The van der Waals surface area contributed by atoms with E-state index >= 15 is 0 Å². The number of nitro groups is 1. The predicted molar refractivity (Wildman–Crippen MR) is 93.7 cm³/mol. The maximum absolute atomic E-state index is 13.8. The van der Waals surface area contributed by atoms with E-state index in [0.29, 0.717) is 19.5 Å². The minimum absolute atomic E-state index is 0.0767. The van der Waals surface area contributed by atoms with Gasteiger partial charge in [-0.05, 0) is 18.6 Å². The summed E-state index contributed by atoms with van der Waals surface area (Å²) in [5.74, 6) is -0.531. The number of imidazole rings is 1. The summed E-state index contributed by atoms with van der Waals surface area (Å²) in [4.78, 5) is 22.7. The standard InChI is InChI=1S/C16H16FN7O2/c17-12-4-1-2-5-13(12)22-16-14(24(25)26)15(20-10-21-16)19-6-3-8-23-9-7-18-11-23/h1-2,4-5,7,9-11H,3,6,8H2,(H2,19,20,21,22). The lowest BCUT2D eigenvalue weighted by Gasteiger charge is -2.10. The summed E-state index contributed by atoms with van der Waals surface area (Å²) in [6, 6.07) is 5.87. The average Bonchev–Trinajstić information content (AvgIpc) is 3.14. The molecule has 0 atom stereocenters. The Kier molecular flexibility index (Phi) is 5.32. The molecule has 0 bridgehead atoms. The molecule has 1 aromatic carbocycles. The van der Waals surface area contributed by atoms with Gasteiger partial charge >= 0.3 is 5.69 Å². The van der Waals surface area contributed by atoms with E-state index in [9.17, 15) is 14.5 Å². The van der Waals surface area contributed by atoms with E-state index in [1.165, 1.54) is 24.5 Å². The van der Waals surface area contributed by atoms with Crippen LogP contribution >= 0.6 is 0 Å². The highest BCUT2D eigenvalue weighted by molar-refractivity contribution is 5.73. The van der Waals surface area contributed by atoms with Crippen LogP contribution in [0.1, 0.15) is 6.42 Å². The molecule has 0 saturated carbocycles. The van der Waals surface area contributed by atoms with Crippen molar-refractivity contribution in [2.75, 3.05) is 17.2 Å². The molecule has 134 valence electrons. The van der Waals surface area contributed by atoms with E-state index in [1.54, 1.807) is 18.6 Å². The molecule has 10 heteroatoms. The third kappa shape index (κ3) is 4.09. The molecule has 0 spiro atoms. The third-order valence-corrected chi connectivity index (χ3v) is 3.58. The number of nitrogens with zero attached hydrogens (tertiary/aromatic N) is 5. The summed E-state index contributed by atoms with van der Waals surface area (Å²) in [5, 5.41) is 17.1. The molecular weight excluding hydrogens is 341 g/mol. The molecule has 0 unspecified atom stereocenters. The van der Waals surface area contributed by atoms with Crippen molar-refractivity contribution in [3.8, 4) is 0 Å². The number of benzene rings is 1. The van der Waals surface area contributed by atoms with Crippen molar-refractivity contribution in [3.63, 3.8) is 0 Å². The number of hydrogen-bond acceptors (Lipinski definition) is 7. The lowest BCUT2D eigenvalue weighted by atomic mass is 10.3. The van der Waals surface area contributed by atoms with Gasteiger partial charge in [-0.15, -0.1) is 0 Å². The highest BCUT2D eigenvalue weighted by atomic mass is 19.1. The fraction of sp³-hybridized carbons (Fsp3) is 0.188. The Bertz CT molecular complexity index is 886. The zero-order chi connectivity index (χ0) is 18.4. The summed E-state index contributed by atoms with van der Waals surface area (Å²) in [5.41, 5.74) is -0.237. The van der Waals surface area contributed by atoms with Crippen LogP contribution in [-0.2, 0) is 6.54 Å². The van der Waals surface area contributed by atoms with Crippen molar-refractivity contribution < 1.29 is 9.31 Å². The monoisotopic (exact) mass is 357 g/mol. The Labute approximate surface area is 148 Å². The molecule has 0 radical (unpaired) electrons. The largest absolute Gasteiger partial charge is 0.364 e. The quantitative estimate of drug-likeness (QED) is 0.362. The molecule has 2 N–H and O–H groups in total. The lowest BCUT2D eigenvalue weighted by molar-refractivity contribution is -0.383. The molecule has 0 aliphatic rings. The number of halogens is 1. The zero-order valence-electron chi connectivity index (χ0n) is 13.7. The van der Waals surface area contributed by atoms with E-state index in [1.807, 2.05) is 10.8 Å². The Morgan fingerprint density at radius 2 is 2.04 bits per heavy atom. The molecule has 2 heterocycles. The highest BCUT2D eigenvalue weighted by Gasteiger charge is 2.23. The molecule has 0 aliphatic heterocycles. The second-order valence-electron chi connectivity index (χ2n) is 5.36. The maximum atomic E-state index is 13.8. The van der Waals surface area contributed by atoms with Crippen molar-refractivity contribution in [1.82, 2.24) is 19.5 Å². The van der Waals surface area contributed by atoms with Gasteiger partial charge < -0.3 is 15.2 Å². The number of hydrogen-bond donors (Lipinski definition) is 2. The molecule has 0 saturated heterocycles. The minimum Gasteiger partial charge on any atom is -0.364 e. The highest BCUT2D eigenvalue weighted by Crippen LogP contribution is 2.31. The smallest absolute Gasteiger partial charge is 0.353 e. The van der Waals surface area contributed by atoms with Gasteiger partial charge in [-0.25, -0.2) is 19.3 Å². The summed E-state index contributed by atoms with van der Waals surface area (Å²) in [6.45, 7) is 1.18. The van der Waals surface area contributed by atoms with Crippen LogP contribution in [-0.4, -0.2) is 31.0 Å². The van der Waals surface area contributed by atoms with Gasteiger partial charge in [0.1, 0.15) is 12.1 Å². The first kappa shape index (κ1) is 17.3. The van der Waals surface area contributed by atoms with Crippen molar-refractivity contribution in [3.05, 3.63) is 65.2 Å². The van der Waals surface area contributed by atoms with Crippen LogP contribution in [0.2, 0.25) is 0 Å². The molecule has 26 heavy (non-hydrogen) atoms. The van der Waals surface area contributed by atoms with Crippen molar-refractivity contribution >= 4 is 23.0 Å². The van der Waals surface area contributed by atoms with Crippen molar-refractivity contribution in [2.45, 2.75) is 13.0 Å². The van der Waals surface area contributed by atoms with Gasteiger partial charge in [0.25, 0.3) is 0 Å². The Morgan fingerprint density at radius 3 is 2.77 bits per heavy atom. The Hall–Kier alpha value is -3.56. The molecular formula is C16H16FN7O2. The molecule has 3 rings (SSSR count). The molecule has 3 aromatic rings. The van der Waals surface area contributed by atoms with Gasteiger partial charge in [-0.1, -0.05) is 12.1 Å². The first-order valence-corrected chi connectivity index (χ1v) is 7.85. The SMILES string of the molecule is O=[N+]([O-])c1c(NCCCn2ccnc2)ncnc1Nc1ccccc1F. The van der Waals surface area contributed by atoms with Gasteiger partial charge in [0.2, 0.25) is 11.6 Å². The number of para-hydroxylation sites is 1. The van der Waals surface area contributed by atoms with Crippen molar-refractivity contribution in [1.29, 1.82) is 0 Å². The second kappa shape index (κ2) is 8.01. The third-order valence-electron chi connectivity index (χ3n) is 3.58. The van der Waals surface area contributed by atoms with E-state index in [4.69, 9.17) is 0 Å². The van der Waals surface area contributed by atoms with Gasteiger partial charge in [0.05, 0.1) is 16.9 Å². The van der Waals surface area contributed by atoms with Gasteiger partial charge in [-0.3, -0.25) is 10.1 Å². The van der Waals surface area contributed by atoms with Gasteiger partial charge in [-0.2, -0.15) is 0 Å². The fourth-order valence-electron chi connectivity index (χ4n) is 2.35. The minimum atomic E-state index is -0.596. The summed E-state index contributed by atoms with van der Waals surface area (Å²) in [6.07, 6.45) is 7.12. The molecule has 0 aliphatic carbocycles. The number of aromatic nitrogens is 4. The van der Waals surface area contributed by atoms with Crippen LogP contribution < -0.4 is 10.6 Å². The molecule has 2 aromatic heterocycles. The predicted octanol–water partition coefficient (Wildman–Crippen LogP) is 2.97. The summed E-state index contributed by atoms with van der Waals surface area (Å²) < 4.78 is 15.7. The maximum Gasteiger partial charge on any atom is 0.353 e. The van der Waals surface area contributed by atoms with Crippen LogP contribution in [0, 0.1) is 15.9 Å². The summed E-state index contributed by atoms with van der Waals surface area (Å²) in [7, 11) is 0. The Balaban J connectivity index is 1.73. The average molecular weight is 357 g/mol. The van der Waals surface area contributed by atoms with Crippen LogP contribution in [0.25, 0.3) is 0 Å². The van der Waals surface area contributed by atoms with E-state index < -0.39 is 10.7 Å². The Morgan fingerprint density at radius 1 is 1.23 bits per heavy atom. The fourth-order valence-corrected chi connectivity index (χ4v) is 2.35. The topological polar surface area (TPSA) is 111 Å². The van der Waals surface area contributed by atoms with E-state index in [2.05, 4.69) is 25.6 Å². The normalized spacial score (nSPS) is 10.5. The number of aryl methyl sites for hydroxylation is 1. The number of anilines is 3. The molecule has 0 amide bonds. The van der Waals surface area contributed by atoms with E-state index in [-0.39, 0.29) is 23.0 Å². The lowest BCUT2D eigenvalue weighted by Crippen LogP contribution is -2.11. The number of rotatable bonds is 8. The van der Waals surface area contributed by atoms with Gasteiger partial charge in [0.15, 0.2) is 0 Å². The first-order valence-electron chi connectivity index (χ1n) is 7.85. The van der Waals surface area contributed by atoms with Crippen LogP contribution in [0.5, 0.6) is 0 Å². The number of nitrogens with one attached hydrogen (secondary N) is 2. The zero-order valence-corrected chi connectivity index (χ0v) is 13.7. The summed E-state index contributed by atoms with van der Waals surface area (Å²) >= 11 is 0. The van der Waals surface area contributed by atoms with Gasteiger partial charge in [0, 0.05) is 25.5 Å². The molecule has 9 nitrogen and oxygen atoms in total. The first-order chi connectivity index (χ1) is 12.6. The van der Waals surface area contributed by atoms with Crippen LogP contribution in [0.3, 0.4) is 0 Å². The van der Waals surface area contributed by atoms with Crippen LogP contribution in [0.4, 0.5) is 27.4 Å². The van der Waals surface area contributed by atoms with Crippen LogP contribution in [0.15, 0.2) is 49.3 Å². The van der Waals surface area contributed by atoms with E-state index in [0.717, 1.165) is 0 Å². The molecule has 0 fully saturated rings. The second-order valence-corrected chi connectivity index (χ2v) is 5.36. The van der Waals surface area contributed by atoms with Crippen molar-refractivity contribution in [2.24, 2.45) is 0 Å².